The number of hydrogen-bond donors (Lipinski definition) is 1. The summed E-state index contributed by atoms with van der Waals surface area (Å²) < 4.78 is 36.7. The topological polar surface area (TPSA) is 112 Å². The van der Waals surface area contributed by atoms with Crippen LogP contribution in [-0.4, -0.2) is 25.1 Å². The lowest BCUT2D eigenvalue weighted by molar-refractivity contribution is 0.0955. The van der Waals surface area contributed by atoms with E-state index in [9.17, 15) is 17.8 Å². The van der Waals surface area contributed by atoms with Gasteiger partial charge >= 0.3 is 0 Å². The Balaban J connectivity index is 2.01. The van der Waals surface area contributed by atoms with Gasteiger partial charge in [0.25, 0.3) is 5.91 Å². The molecule has 0 aliphatic heterocycles. The molecule has 20 heavy (non-hydrogen) atoms. The zero-order valence-corrected chi connectivity index (χ0v) is 10.8. The second kappa shape index (κ2) is 5.68. The normalized spacial score (nSPS) is 11.7. The number of carbonyl (C=O) groups excluding carboxylic acids is 1. The summed E-state index contributed by atoms with van der Waals surface area (Å²) in [5.74, 6) is -0.391. The van der Waals surface area contributed by atoms with Crippen LogP contribution in [0.4, 0.5) is 0 Å². The summed E-state index contributed by atoms with van der Waals surface area (Å²) in [6, 6.07) is 10.7. The molecule has 104 valence electrons. The fourth-order valence-electron chi connectivity index (χ4n) is 1.35. The molecule has 1 heterocycles. The van der Waals surface area contributed by atoms with Gasteiger partial charge in [0, 0.05) is 5.56 Å². The smallest absolute Gasteiger partial charge is 0.271 e. The largest absolute Gasteiger partial charge is 0.742 e. The van der Waals surface area contributed by atoms with Gasteiger partial charge in [0.1, 0.15) is 5.76 Å². The van der Waals surface area contributed by atoms with Crippen molar-refractivity contribution >= 4 is 22.2 Å². The van der Waals surface area contributed by atoms with E-state index < -0.39 is 21.1 Å². The van der Waals surface area contributed by atoms with E-state index in [1.54, 1.807) is 30.3 Å². The molecule has 1 amide bonds. The molecule has 0 saturated heterocycles. The second-order valence-electron chi connectivity index (χ2n) is 3.68. The number of hydrogen-bond acceptors (Lipinski definition) is 6. The van der Waals surface area contributed by atoms with Crippen molar-refractivity contribution in [3.05, 3.63) is 53.8 Å². The minimum absolute atomic E-state index is 0.0350. The van der Waals surface area contributed by atoms with Gasteiger partial charge in [-0.05, 0) is 24.3 Å². The predicted octanol–water partition coefficient (Wildman–Crippen LogP) is 0.948. The number of amides is 1. The zero-order chi connectivity index (χ0) is 14.6. The highest BCUT2D eigenvalue weighted by molar-refractivity contribution is 7.85. The summed E-state index contributed by atoms with van der Waals surface area (Å²) in [5, 5.41) is 2.90. The molecular weight excluding hydrogens is 284 g/mol. The van der Waals surface area contributed by atoms with E-state index in [-0.39, 0.29) is 5.76 Å². The molecule has 0 atom stereocenters. The highest BCUT2D eigenvalue weighted by Gasteiger charge is 2.06. The molecular formula is C12H9N2O5S-. The van der Waals surface area contributed by atoms with E-state index in [0.717, 1.165) is 12.3 Å². The van der Waals surface area contributed by atoms with Crippen molar-refractivity contribution in [2.45, 2.75) is 5.09 Å². The van der Waals surface area contributed by atoms with Crippen LogP contribution in [-0.2, 0) is 10.1 Å². The molecule has 0 aliphatic carbocycles. The fourth-order valence-corrected chi connectivity index (χ4v) is 1.78. The highest BCUT2D eigenvalue weighted by Crippen LogP contribution is 2.11. The average Bonchev–Trinajstić information content (AvgIpc) is 2.88. The van der Waals surface area contributed by atoms with Crippen LogP contribution in [0.2, 0.25) is 0 Å². The van der Waals surface area contributed by atoms with Crippen molar-refractivity contribution in [1.29, 1.82) is 0 Å². The molecule has 2 rings (SSSR count). The Labute approximate surface area is 114 Å². The molecule has 7 nitrogen and oxygen atoms in total. The first-order chi connectivity index (χ1) is 9.47. The molecule has 1 aromatic heterocycles. The van der Waals surface area contributed by atoms with Crippen LogP contribution < -0.4 is 5.43 Å². The lowest BCUT2D eigenvalue weighted by atomic mass is 10.2. The monoisotopic (exact) mass is 293 g/mol. The lowest BCUT2D eigenvalue weighted by Crippen LogP contribution is -2.17. The third-order valence-electron chi connectivity index (χ3n) is 2.24. The van der Waals surface area contributed by atoms with E-state index in [0.29, 0.717) is 5.56 Å². The van der Waals surface area contributed by atoms with Crippen LogP contribution in [0.15, 0.2) is 57.1 Å². The zero-order valence-electron chi connectivity index (χ0n) is 10.0. The first-order valence-corrected chi connectivity index (χ1v) is 6.82. The molecule has 0 fully saturated rings. The van der Waals surface area contributed by atoms with Crippen LogP contribution in [0, 0.1) is 0 Å². The number of benzene rings is 1. The predicted molar refractivity (Wildman–Crippen MR) is 68.2 cm³/mol. The van der Waals surface area contributed by atoms with Gasteiger partial charge < -0.3 is 8.97 Å². The highest BCUT2D eigenvalue weighted by atomic mass is 32.2. The van der Waals surface area contributed by atoms with Crippen LogP contribution in [0.5, 0.6) is 0 Å². The Kier molecular flexibility index (Phi) is 3.97. The Hall–Kier alpha value is -2.45. The first-order valence-electron chi connectivity index (χ1n) is 5.41. The number of hydrazone groups is 1. The summed E-state index contributed by atoms with van der Waals surface area (Å²) in [6.07, 6.45) is 1.09. The van der Waals surface area contributed by atoms with E-state index in [1.165, 1.54) is 6.07 Å². The Morgan fingerprint density at radius 3 is 2.50 bits per heavy atom. The maximum atomic E-state index is 11.6. The molecule has 0 aliphatic rings. The molecule has 2 aromatic rings. The van der Waals surface area contributed by atoms with Crippen molar-refractivity contribution in [2.24, 2.45) is 5.10 Å². The summed E-state index contributed by atoms with van der Waals surface area (Å²) in [5.41, 5.74) is 2.66. The third kappa shape index (κ3) is 3.53. The number of nitrogens with zero attached hydrogens (tertiary/aromatic N) is 1. The van der Waals surface area contributed by atoms with Crippen molar-refractivity contribution in [2.75, 3.05) is 0 Å². The first kappa shape index (κ1) is 14.0. The minimum Gasteiger partial charge on any atom is -0.742 e. The molecule has 8 heteroatoms. The SMILES string of the molecule is O=C(NN=Cc1ccc(S(=O)(=O)[O-])o1)c1ccccc1. The van der Waals surface area contributed by atoms with E-state index in [4.69, 9.17) is 4.42 Å². The van der Waals surface area contributed by atoms with Gasteiger partial charge in [-0.15, -0.1) is 0 Å². The lowest BCUT2D eigenvalue weighted by Gasteiger charge is -2.00. The van der Waals surface area contributed by atoms with Gasteiger partial charge in [0.2, 0.25) is 5.09 Å². The van der Waals surface area contributed by atoms with E-state index in [1.807, 2.05) is 0 Å². The Morgan fingerprint density at radius 1 is 1.20 bits per heavy atom. The number of furan rings is 1. The minimum atomic E-state index is -4.63. The molecule has 1 N–H and O–H groups in total. The maximum Gasteiger partial charge on any atom is 0.271 e. The molecule has 0 unspecified atom stereocenters. The molecule has 1 aromatic carbocycles. The number of carbonyl (C=O) groups is 1. The molecule has 0 bridgehead atoms. The van der Waals surface area contributed by atoms with Gasteiger partial charge in [-0.1, -0.05) is 18.2 Å². The average molecular weight is 293 g/mol. The molecule has 0 saturated carbocycles. The van der Waals surface area contributed by atoms with Gasteiger partial charge in [-0.2, -0.15) is 5.10 Å². The molecule has 0 spiro atoms. The van der Waals surface area contributed by atoms with Crippen molar-refractivity contribution in [3.8, 4) is 0 Å². The summed E-state index contributed by atoms with van der Waals surface area (Å²) >= 11 is 0. The quantitative estimate of drug-likeness (QED) is 0.512. The van der Waals surface area contributed by atoms with Gasteiger partial charge in [0.05, 0.1) is 6.21 Å². The van der Waals surface area contributed by atoms with Crippen molar-refractivity contribution in [3.63, 3.8) is 0 Å². The summed E-state index contributed by atoms with van der Waals surface area (Å²) in [4.78, 5) is 11.6. The van der Waals surface area contributed by atoms with Crippen LogP contribution >= 0.6 is 0 Å². The Morgan fingerprint density at radius 2 is 1.90 bits per heavy atom. The summed E-state index contributed by atoms with van der Waals surface area (Å²) in [7, 11) is -4.63. The van der Waals surface area contributed by atoms with Crippen LogP contribution in [0.1, 0.15) is 16.1 Å². The van der Waals surface area contributed by atoms with Crippen molar-refractivity contribution < 1.29 is 22.2 Å². The fraction of sp³-hybridized carbons (Fsp3) is 0. The van der Waals surface area contributed by atoms with Crippen LogP contribution in [0.25, 0.3) is 0 Å². The van der Waals surface area contributed by atoms with Crippen LogP contribution in [0.3, 0.4) is 0 Å². The standard InChI is InChI=1S/C12H10N2O5S/c15-12(9-4-2-1-3-5-9)14-13-8-10-6-7-11(19-10)20(16,17)18/h1-8H,(H,14,15)(H,16,17,18)/p-1. The maximum absolute atomic E-state index is 11.6. The number of nitrogens with one attached hydrogen (secondary N) is 1. The van der Waals surface area contributed by atoms with Gasteiger partial charge in [-0.3, -0.25) is 4.79 Å². The Bertz CT molecular complexity index is 734. The molecule has 0 radical (unpaired) electrons. The van der Waals surface area contributed by atoms with E-state index >= 15 is 0 Å². The van der Waals surface area contributed by atoms with E-state index in [2.05, 4.69) is 10.5 Å². The van der Waals surface area contributed by atoms with Gasteiger partial charge in [-0.25, -0.2) is 13.8 Å². The third-order valence-corrected chi connectivity index (χ3v) is 2.95. The van der Waals surface area contributed by atoms with Gasteiger partial charge in [0.15, 0.2) is 10.1 Å². The second-order valence-corrected chi connectivity index (χ2v) is 4.99. The number of rotatable bonds is 4. The summed E-state index contributed by atoms with van der Waals surface area (Å²) in [6.45, 7) is 0. The van der Waals surface area contributed by atoms with Crippen molar-refractivity contribution in [1.82, 2.24) is 5.43 Å².